The number of rotatable bonds is 13. The van der Waals surface area contributed by atoms with Crippen LogP contribution in [0.2, 0.25) is 0 Å². The summed E-state index contributed by atoms with van der Waals surface area (Å²) in [6.45, 7) is 0.731. The molecule has 1 aliphatic carbocycles. The van der Waals surface area contributed by atoms with E-state index in [-0.39, 0.29) is 50.8 Å². The topological polar surface area (TPSA) is 181 Å². The predicted octanol–water partition coefficient (Wildman–Crippen LogP) is 6.74. The number of hydrogen-bond donors (Lipinski definition) is 7. The van der Waals surface area contributed by atoms with Crippen LogP contribution in [0.1, 0.15) is 61.3 Å². The molecule has 1 atom stereocenters. The molecule has 11 nitrogen and oxygen atoms in total. The van der Waals surface area contributed by atoms with Gasteiger partial charge in [-0.05, 0) is 91.1 Å². The summed E-state index contributed by atoms with van der Waals surface area (Å²) in [6.07, 6.45) is 2.69. The van der Waals surface area contributed by atoms with Crippen LogP contribution in [0, 0.1) is 0 Å². The number of phenolic OH excluding ortho intramolecular Hbond substituents is 1. The van der Waals surface area contributed by atoms with Gasteiger partial charge in [-0.3, -0.25) is 23.9 Å². The van der Waals surface area contributed by atoms with Crippen molar-refractivity contribution >= 4 is 34.3 Å². The Morgan fingerprint density at radius 1 is 0.889 bits per heavy atom. The van der Waals surface area contributed by atoms with Crippen molar-refractivity contribution in [2.45, 2.75) is 69.7 Å². The molecule has 13 heteroatoms. The molecule has 5 aromatic rings. The van der Waals surface area contributed by atoms with Gasteiger partial charge in [0, 0.05) is 54.3 Å². The number of aromatic hydroxyl groups is 1. The average molecular weight is 744 g/mol. The van der Waals surface area contributed by atoms with Crippen LogP contribution in [0.25, 0.3) is 22.0 Å². The zero-order valence-corrected chi connectivity index (χ0v) is 29.7. The van der Waals surface area contributed by atoms with E-state index in [9.17, 15) is 29.7 Å². The summed E-state index contributed by atoms with van der Waals surface area (Å²) in [5.41, 5.74) is 11.8. The first-order valence-corrected chi connectivity index (χ1v) is 17.7. The molecule has 1 aliphatic rings. The lowest BCUT2D eigenvalue weighted by molar-refractivity contribution is -0.116. The molecule has 1 fully saturated rings. The normalized spacial score (nSPS) is 15.7. The molecule has 286 valence electrons. The number of nitrogens with zero attached hydrogens (tertiary/aromatic N) is 1. The Balaban J connectivity index is 0.00000325. The smallest absolute Gasteiger partial charge is 0.412 e. The van der Waals surface area contributed by atoms with E-state index in [1.807, 2.05) is 72.8 Å². The van der Waals surface area contributed by atoms with Gasteiger partial charge in [0.1, 0.15) is 5.75 Å². The summed E-state index contributed by atoms with van der Waals surface area (Å²) in [7, 11) is 0. The maximum Gasteiger partial charge on any atom is 0.412 e. The van der Waals surface area contributed by atoms with E-state index in [2.05, 4.69) is 15.6 Å². The molecular weight excluding hydrogens is 696 g/mol. The monoisotopic (exact) mass is 743 g/mol. The number of H-pyrrole nitrogens is 1. The van der Waals surface area contributed by atoms with E-state index in [0.717, 1.165) is 47.9 Å². The molecule has 1 heterocycles. The maximum absolute atomic E-state index is 12.9. The van der Waals surface area contributed by atoms with Crippen molar-refractivity contribution in [1.82, 2.24) is 10.3 Å². The molecule has 2 amide bonds. The predicted molar refractivity (Wildman–Crippen MR) is 209 cm³/mol. The minimum Gasteiger partial charge on any atom is -0.506 e. The number of amides is 2. The van der Waals surface area contributed by atoms with Crippen LogP contribution >= 0.6 is 0 Å². The number of carbonyl (C=O) groups excluding carboxylic acids is 1. The van der Waals surface area contributed by atoms with E-state index in [1.165, 1.54) is 17.0 Å². The lowest BCUT2D eigenvalue weighted by Crippen LogP contribution is -2.44. The number of aliphatic hydroxyl groups is 1. The van der Waals surface area contributed by atoms with Crippen molar-refractivity contribution < 1.29 is 34.3 Å². The van der Waals surface area contributed by atoms with Gasteiger partial charge in [0.05, 0.1) is 17.3 Å². The second kappa shape index (κ2) is 18.9. The van der Waals surface area contributed by atoms with E-state index in [1.54, 1.807) is 12.1 Å². The SMILES string of the molecule is F.F.NC1CCC(N(C(=O)O)c2cc(CCCC(=O)Nc3ccc(CNC[C@H](O)c4ccc(O)c5[nH]c(=O)ccc45)cc3)ccc2-c2ccccc2)CC1. The Morgan fingerprint density at radius 2 is 1.59 bits per heavy atom. The third kappa shape index (κ3) is 10.1. The molecule has 0 unspecified atom stereocenters. The van der Waals surface area contributed by atoms with Crippen molar-refractivity contribution in [2.24, 2.45) is 5.73 Å². The third-order valence-corrected chi connectivity index (χ3v) is 9.76. The highest BCUT2D eigenvalue weighted by Crippen LogP contribution is 2.36. The molecule has 6 rings (SSSR count). The molecule has 0 spiro atoms. The molecule has 1 saturated carbocycles. The van der Waals surface area contributed by atoms with Crippen LogP contribution in [0.15, 0.2) is 102 Å². The highest BCUT2D eigenvalue weighted by Gasteiger charge is 2.30. The van der Waals surface area contributed by atoms with Crippen LogP contribution in [0.5, 0.6) is 5.75 Å². The van der Waals surface area contributed by atoms with E-state index in [4.69, 9.17) is 5.73 Å². The summed E-state index contributed by atoms with van der Waals surface area (Å²) < 4.78 is 0. The number of halogens is 2. The van der Waals surface area contributed by atoms with Crippen LogP contribution in [-0.4, -0.2) is 50.9 Å². The van der Waals surface area contributed by atoms with Crippen LogP contribution in [0.3, 0.4) is 0 Å². The summed E-state index contributed by atoms with van der Waals surface area (Å²) >= 11 is 0. The lowest BCUT2D eigenvalue weighted by Gasteiger charge is -2.35. The number of aryl methyl sites for hydroxylation is 1. The molecule has 0 bridgehead atoms. The van der Waals surface area contributed by atoms with Crippen molar-refractivity contribution in [1.29, 1.82) is 0 Å². The first-order valence-electron chi connectivity index (χ1n) is 17.7. The van der Waals surface area contributed by atoms with Gasteiger partial charge in [0.25, 0.3) is 0 Å². The number of fused-ring (bicyclic) bond motifs is 1. The highest BCUT2D eigenvalue weighted by molar-refractivity contribution is 5.94. The molecule has 8 N–H and O–H groups in total. The number of nitrogens with one attached hydrogen (secondary N) is 3. The Labute approximate surface area is 311 Å². The molecule has 4 aromatic carbocycles. The van der Waals surface area contributed by atoms with E-state index < -0.39 is 12.2 Å². The van der Waals surface area contributed by atoms with Crippen molar-refractivity contribution in [3.05, 3.63) is 124 Å². The first-order chi connectivity index (χ1) is 25.2. The molecule has 54 heavy (non-hydrogen) atoms. The second-order valence-electron chi connectivity index (χ2n) is 13.5. The molecule has 0 aliphatic heterocycles. The fraction of sp³-hybridized carbons (Fsp3) is 0.293. The number of benzene rings is 4. The highest BCUT2D eigenvalue weighted by atomic mass is 19.0. The van der Waals surface area contributed by atoms with E-state index in [0.29, 0.717) is 48.1 Å². The van der Waals surface area contributed by atoms with Gasteiger partial charge in [-0.15, -0.1) is 0 Å². The summed E-state index contributed by atoms with van der Waals surface area (Å²) in [6, 6.07) is 29.2. The maximum atomic E-state index is 12.9. The summed E-state index contributed by atoms with van der Waals surface area (Å²) in [5.74, 6) is -0.167. The number of carbonyl (C=O) groups is 2. The van der Waals surface area contributed by atoms with Gasteiger partial charge >= 0.3 is 6.09 Å². The standard InChI is InChI=1S/C41H45N5O6.2FH/c42-29-12-16-31(17-13-29)46(41(51)52)35-23-26(11-18-32(35)28-6-2-1-3-7-28)5-4-8-38(49)44-30-14-9-27(10-15-30)24-43-25-37(48)33-19-21-36(47)40-34(33)20-22-39(50)45-40;;/h1-3,6-7,9-11,14-15,18-23,29,31,37,43,47-48H,4-5,8,12-13,16-17,24-25,42H2,(H,44,49)(H,45,50)(H,51,52);2*1H/t29?,31?,37-;;/m0../s1. The largest absolute Gasteiger partial charge is 0.506 e. The molecular formula is C41H47F2N5O6. The number of aromatic nitrogens is 1. The van der Waals surface area contributed by atoms with E-state index >= 15 is 0 Å². The zero-order chi connectivity index (χ0) is 36.6. The van der Waals surface area contributed by atoms with Crippen LogP contribution in [0.4, 0.5) is 25.6 Å². The Bertz CT molecular complexity index is 2070. The van der Waals surface area contributed by atoms with Gasteiger partial charge in [-0.2, -0.15) is 0 Å². The molecule has 0 radical (unpaired) electrons. The van der Waals surface area contributed by atoms with Gasteiger partial charge < -0.3 is 36.7 Å². The minimum absolute atomic E-state index is 0. The minimum atomic E-state index is -0.976. The second-order valence-corrected chi connectivity index (χ2v) is 13.5. The number of aromatic amines is 1. The molecule has 1 aromatic heterocycles. The molecule has 0 saturated heterocycles. The Hall–Kier alpha value is -5.63. The quantitative estimate of drug-likeness (QED) is 0.0692. The Morgan fingerprint density at radius 3 is 2.30 bits per heavy atom. The first kappa shape index (κ1) is 41.1. The average Bonchev–Trinajstić information content (AvgIpc) is 3.14. The van der Waals surface area contributed by atoms with Gasteiger partial charge in [-0.25, -0.2) is 4.79 Å². The number of pyridine rings is 1. The number of nitrogens with two attached hydrogens (primary N) is 1. The van der Waals surface area contributed by atoms with Crippen molar-refractivity contribution in [3.8, 4) is 16.9 Å². The number of hydrogen-bond acceptors (Lipinski definition) is 7. The van der Waals surface area contributed by atoms with Gasteiger partial charge in [-0.1, -0.05) is 60.7 Å². The van der Waals surface area contributed by atoms with Crippen LogP contribution < -0.4 is 26.8 Å². The fourth-order valence-corrected chi connectivity index (χ4v) is 7.00. The van der Waals surface area contributed by atoms with Crippen LogP contribution in [-0.2, 0) is 17.8 Å². The fourth-order valence-electron chi connectivity index (χ4n) is 7.00. The zero-order valence-electron chi connectivity index (χ0n) is 29.7. The van der Waals surface area contributed by atoms with Crippen molar-refractivity contribution in [2.75, 3.05) is 16.8 Å². The summed E-state index contributed by atoms with van der Waals surface area (Å²) in [4.78, 5) is 41.4. The van der Waals surface area contributed by atoms with Gasteiger partial charge in [0.15, 0.2) is 0 Å². The number of anilines is 2. The van der Waals surface area contributed by atoms with Crippen molar-refractivity contribution in [3.63, 3.8) is 0 Å². The number of aliphatic hydroxyl groups excluding tert-OH is 1. The number of carboxylic acid groups (broad SMARTS) is 1. The number of phenols is 1. The summed E-state index contributed by atoms with van der Waals surface area (Å²) in [5, 5.41) is 38.1. The lowest BCUT2D eigenvalue weighted by atomic mass is 9.89. The Kier molecular flexibility index (Phi) is 14.4. The van der Waals surface area contributed by atoms with Gasteiger partial charge in [0.2, 0.25) is 11.5 Å². The third-order valence-electron chi connectivity index (χ3n) is 9.76.